The molecular formula is C10H6BrF3N2O. The first-order valence-electron chi connectivity index (χ1n) is 4.55. The quantitative estimate of drug-likeness (QED) is 0.804. The fraction of sp³-hybridized carbons (Fsp3) is 0.200. The Hall–Kier alpha value is -1.37. The van der Waals surface area contributed by atoms with Gasteiger partial charge in [0.1, 0.15) is 0 Å². The van der Waals surface area contributed by atoms with Gasteiger partial charge in [0.2, 0.25) is 0 Å². The highest BCUT2D eigenvalue weighted by atomic mass is 79.9. The first-order valence-corrected chi connectivity index (χ1v) is 5.34. The number of alkyl halides is 3. The van der Waals surface area contributed by atoms with E-state index < -0.39 is 11.7 Å². The van der Waals surface area contributed by atoms with Gasteiger partial charge in [0.15, 0.2) is 5.82 Å². The van der Waals surface area contributed by atoms with Crippen LogP contribution in [0.5, 0.6) is 0 Å². The van der Waals surface area contributed by atoms with Crippen molar-refractivity contribution in [2.75, 3.05) is 0 Å². The molecule has 2 aromatic rings. The van der Waals surface area contributed by atoms with Gasteiger partial charge in [-0.25, -0.2) is 0 Å². The van der Waals surface area contributed by atoms with E-state index in [1.807, 2.05) is 0 Å². The van der Waals surface area contributed by atoms with Crippen LogP contribution in [0.1, 0.15) is 11.4 Å². The van der Waals surface area contributed by atoms with E-state index in [1.54, 1.807) is 6.92 Å². The molecule has 2 rings (SSSR count). The molecule has 0 N–H and O–H groups in total. The van der Waals surface area contributed by atoms with Crippen molar-refractivity contribution in [2.24, 2.45) is 0 Å². The summed E-state index contributed by atoms with van der Waals surface area (Å²) in [6.07, 6.45) is -4.41. The normalized spacial score (nSPS) is 11.8. The molecule has 1 aromatic heterocycles. The molecule has 0 bridgehead atoms. The van der Waals surface area contributed by atoms with Crippen LogP contribution in [0.15, 0.2) is 27.2 Å². The van der Waals surface area contributed by atoms with Gasteiger partial charge in [-0.1, -0.05) is 21.1 Å². The molecule has 1 heterocycles. The Kier molecular flexibility index (Phi) is 2.94. The maximum Gasteiger partial charge on any atom is 0.416 e. The molecule has 0 atom stereocenters. The summed E-state index contributed by atoms with van der Waals surface area (Å²) in [6, 6.07) is 3.45. The Labute approximate surface area is 103 Å². The van der Waals surface area contributed by atoms with Gasteiger partial charge in [0.05, 0.1) is 5.56 Å². The van der Waals surface area contributed by atoms with Gasteiger partial charge in [-0.3, -0.25) is 0 Å². The second-order valence-electron chi connectivity index (χ2n) is 3.37. The number of benzene rings is 1. The largest absolute Gasteiger partial charge is 0.416 e. The third kappa shape index (κ3) is 2.66. The van der Waals surface area contributed by atoms with E-state index in [4.69, 9.17) is 4.52 Å². The second-order valence-corrected chi connectivity index (χ2v) is 4.29. The lowest BCUT2D eigenvalue weighted by atomic mass is 10.1. The van der Waals surface area contributed by atoms with Crippen LogP contribution in [0.2, 0.25) is 0 Å². The summed E-state index contributed by atoms with van der Waals surface area (Å²) in [7, 11) is 0. The molecule has 0 amide bonds. The predicted octanol–water partition coefficient (Wildman–Crippen LogP) is 3.83. The van der Waals surface area contributed by atoms with E-state index in [-0.39, 0.29) is 11.5 Å². The highest BCUT2D eigenvalue weighted by Gasteiger charge is 2.31. The van der Waals surface area contributed by atoms with E-state index >= 15 is 0 Å². The molecule has 0 radical (unpaired) electrons. The summed E-state index contributed by atoms with van der Waals surface area (Å²) in [6.45, 7) is 1.59. The highest BCUT2D eigenvalue weighted by molar-refractivity contribution is 9.10. The smallest absolute Gasteiger partial charge is 0.334 e. The van der Waals surface area contributed by atoms with Gasteiger partial charge >= 0.3 is 6.18 Å². The Bertz CT molecular complexity index is 551. The van der Waals surface area contributed by atoms with Crippen molar-refractivity contribution in [2.45, 2.75) is 13.1 Å². The third-order valence-electron chi connectivity index (χ3n) is 2.00. The average molecular weight is 307 g/mol. The number of aromatic nitrogens is 2. The SMILES string of the molecule is Cc1noc(-c2cc(Br)cc(C(F)(F)F)c2)n1. The maximum absolute atomic E-state index is 12.6. The summed E-state index contributed by atoms with van der Waals surface area (Å²) in [4.78, 5) is 3.88. The van der Waals surface area contributed by atoms with Gasteiger partial charge in [0.25, 0.3) is 5.89 Å². The summed E-state index contributed by atoms with van der Waals surface area (Å²) >= 11 is 3.02. The van der Waals surface area contributed by atoms with Gasteiger partial charge in [-0.05, 0) is 25.1 Å². The van der Waals surface area contributed by atoms with Crippen LogP contribution in [0.4, 0.5) is 13.2 Å². The van der Waals surface area contributed by atoms with E-state index in [1.165, 1.54) is 6.07 Å². The number of rotatable bonds is 1. The second kappa shape index (κ2) is 4.14. The van der Waals surface area contributed by atoms with Crippen LogP contribution in [-0.2, 0) is 6.18 Å². The number of hydrogen-bond acceptors (Lipinski definition) is 3. The van der Waals surface area contributed by atoms with E-state index in [2.05, 4.69) is 26.1 Å². The molecule has 0 fully saturated rings. The molecule has 0 aliphatic carbocycles. The zero-order valence-corrected chi connectivity index (χ0v) is 10.1. The zero-order valence-electron chi connectivity index (χ0n) is 8.55. The highest BCUT2D eigenvalue weighted by Crippen LogP contribution is 2.34. The third-order valence-corrected chi connectivity index (χ3v) is 2.46. The summed E-state index contributed by atoms with van der Waals surface area (Å²) in [5.41, 5.74) is -0.537. The minimum absolute atomic E-state index is 0.0642. The molecular weight excluding hydrogens is 301 g/mol. The lowest BCUT2D eigenvalue weighted by Crippen LogP contribution is -2.04. The first-order chi connectivity index (χ1) is 7.86. The number of halogens is 4. The number of nitrogens with zero attached hydrogens (tertiary/aromatic N) is 2. The minimum Gasteiger partial charge on any atom is -0.334 e. The maximum atomic E-state index is 12.6. The van der Waals surface area contributed by atoms with Crippen LogP contribution < -0.4 is 0 Å². The topological polar surface area (TPSA) is 38.9 Å². The predicted molar refractivity (Wildman–Crippen MR) is 57.2 cm³/mol. The van der Waals surface area contributed by atoms with Gasteiger partial charge in [-0.15, -0.1) is 0 Å². The number of aryl methyl sites for hydroxylation is 1. The van der Waals surface area contributed by atoms with Crippen molar-refractivity contribution in [3.63, 3.8) is 0 Å². The molecule has 1 aromatic carbocycles. The van der Waals surface area contributed by atoms with Gasteiger partial charge in [-0.2, -0.15) is 18.2 Å². The Morgan fingerprint density at radius 2 is 1.94 bits per heavy atom. The van der Waals surface area contributed by atoms with Crippen LogP contribution in [0.3, 0.4) is 0 Å². The van der Waals surface area contributed by atoms with Crippen molar-refractivity contribution in [3.8, 4) is 11.5 Å². The van der Waals surface area contributed by atoms with Crippen molar-refractivity contribution < 1.29 is 17.7 Å². The fourth-order valence-electron chi connectivity index (χ4n) is 1.29. The average Bonchev–Trinajstić information content (AvgIpc) is 2.62. The zero-order chi connectivity index (χ0) is 12.6. The lowest BCUT2D eigenvalue weighted by molar-refractivity contribution is -0.137. The monoisotopic (exact) mass is 306 g/mol. The number of hydrogen-bond donors (Lipinski definition) is 0. The standard InChI is InChI=1S/C10H6BrF3N2O/c1-5-15-9(17-16-5)6-2-7(10(12,13)14)4-8(11)3-6/h2-4H,1H3. The Morgan fingerprint density at radius 1 is 1.24 bits per heavy atom. The van der Waals surface area contributed by atoms with Gasteiger partial charge < -0.3 is 4.52 Å². The fourth-order valence-corrected chi connectivity index (χ4v) is 1.78. The molecule has 0 saturated heterocycles. The van der Waals surface area contributed by atoms with E-state index in [9.17, 15) is 13.2 Å². The van der Waals surface area contributed by atoms with Crippen LogP contribution in [0.25, 0.3) is 11.5 Å². The van der Waals surface area contributed by atoms with Crippen molar-refractivity contribution in [3.05, 3.63) is 34.1 Å². The Morgan fingerprint density at radius 3 is 2.47 bits per heavy atom. The van der Waals surface area contributed by atoms with Crippen LogP contribution >= 0.6 is 15.9 Å². The molecule has 90 valence electrons. The molecule has 0 unspecified atom stereocenters. The summed E-state index contributed by atoms with van der Waals surface area (Å²) < 4.78 is 42.9. The molecule has 17 heavy (non-hydrogen) atoms. The molecule has 7 heteroatoms. The van der Waals surface area contributed by atoms with E-state index in [0.29, 0.717) is 10.3 Å². The summed E-state index contributed by atoms with van der Waals surface area (Å²) in [5.74, 6) is 0.433. The summed E-state index contributed by atoms with van der Waals surface area (Å²) in [5, 5.41) is 3.53. The van der Waals surface area contributed by atoms with Crippen LogP contribution in [0, 0.1) is 6.92 Å². The Balaban J connectivity index is 2.52. The molecule has 0 aliphatic heterocycles. The van der Waals surface area contributed by atoms with Crippen molar-refractivity contribution in [1.82, 2.24) is 10.1 Å². The van der Waals surface area contributed by atoms with Crippen molar-refractivity contribution in [1.29, 1.82) is 0 Å². The minimum atomic E-state index is -4.41. The first kappa shape index (κ1) is 12.1. The molecule has 0 spiro atoms. The van der Waals surface area contributed by atoms with E-state index in [0.717, 1.165) is 12.1 Å². The molecule has 3 nitrogen and oxygen atoms in total. The molecule has 0 saturated carbocycles. The molecule has 0 aliphatic rings. The van der Waals surface area contributed by atoms with Gasteiger partial charge in [0, 0.05) is 10.0 Å². The lowest BCUT2D eigenvalue weighted by Gasteiger charge is -2.08. The van der Waals surface area contributed by atoms with Crippen molar-refractivity contribution >= 4 is 15.9 Å². The van der Waals surface area contributed by atoms with Crippen LogP contribution in [-0.4, -0.2) is 10.1 Å².